The molecular weight excluding hydrogens is 274 g/mol. The van der Waals surface area contributed by atoms with Crippen molar-refractivity contribution >= 4 is 23.3 Å². The first-order chi connectivity index (χ1) is 9.56. The summed E-state index contributed by atoms with van der Waals surface area (Å²) in [6.45, 7) is 4.09. The molecule has 0 bridgehead atoms. The standard InChI is InChI=1S/C15H16ClN3O/c1-9(2)19-15-13(8-17-19)12(7-14(20)18-15)10-3-5-11(16)6-4-10/h3-6,8-9,12H,7H2,1-2H3,(H,18,20)/t12-/m1/s1. The molecule has 0 aliphatic carbocycles. The lowest BCUT2D eigenvalue weighted by atomic mass is 9.87. The van der Waals surface area contributed by atoms with Crippen LogP contribution in [0.2, 0.25) is 5.02 Å². The summed E-state index contributed by atoms with van der Waals surface area (Å²) in [7, 11) is 0. The van der Waals surface area contributed by atoms with E-state index < -0.39 is 0 Å². The van der Waals surface area contributed by atoms with Crippen LogP contribution in [0.3, 0.4) is 0 Å². The lowest BCUT2D eigenvalue weighted by Gasteiger charge is -2.24. The van der Waals surface area contributed by atoms with Gasteiger partial charge in [0.1, 0.15) is 5.82 Å². The van der Waals surface area contributed by atoms with Crippen molar-refractivity contribution in [2.24, 2.45) is 0 Å². The third-order valence-electron chi connectivity index (χ3n) is 3.61. The number of benzene rings is 1. The molecule has 0 radical (unpaired) electrons. The van der Waals surface area contributed by atoms with Gasteiger partial charge in [-0.2, -0.15) is 5.10 Å². The number of rotatable bonds is 2. The molecule has 1 aromatic carbocycles. The van der Waals surface area contributed by atoms with Crippen LogP contribution in [0, 0.1) is 0 Å². The van der Waals surface area contributed by atoms with Crippen LogP contribution in [0.4, 0.5) is 5.82 Å². The van der Waals surface area contributed by atoms with Crippen molar-refractivity contribution in [2.75, 3.05) is 5.32 Å². The number of hydrogen-bond acceptors (Lipinski definition) is 2. The molecule has 0 unspecified atom stereocenters. The van der Waals surface area contributed by atoms with Gasteiger partial charge in [0, 0.05) is 29.0 Å². The van der Waals surface area contributed by atoms with Crippen LogP contribution >= 0.6 is 11.6 Å². The maximum Gasteiger partial charge on any atom is 0.226 e. The first-order valence-electron chi connectivity index (χ1n) is 6.69. The highest BCUT2D eigenvalue weighted by Crippen LogP contribution is 2.38. The van der Waals surface area contributed by atoms with Crippen molar-refractivity contribution in [3.05, 3.63) is 46.6 Å². The van der Waals surface area contributed by atoms with Gasteiger partial charge in [0.05, 0.1) is 6.20 Å². The summed E-state index contributed by atoms with van der Waals surface area (Å²) in [4.78, 5) is 12.0. The fourth-order valence-corrected chi connectivity index (χ4v) is 2.75. The minimum atomic E-state index is 0.0276. The Morgan fingerprint density at radius 3 is 2.70 bits per heavy atom. The molecule has 1 N–H and O–H groups in total. The fraction of sp³-hybridized carbons (Fsp3) is 0.333. The van der Waals surface area contributed by atoms with Crippen LogP contribution < -0.4 is 5.32 Å². The molecule has 1 aliphatic heterocycles. The Morgan fingerprint density at radius 1 is 1.35 bits per heavy atom. The topological polar surface area (TPSA) is 46.9 Å². The van der Waals surface area contributed by atoms with E-state index in [-0.39, 0.29) is 17.9 Å². The molecule has 1 aromatic heterocycles. The summed E-state index contributed by atoms with van der Waals surface area (Å²) >= 11 is 5.93. The largest absolute Gasteiger partial charge is 0.311 e. The summed E-state index contributed by atoms with van der Waals surface area (Å²) in [6.07, 6.45) is 2.30. The Morgan fingerprint density at radius 2 is 2.05 bits per heavy atom. The summed E-state index contributed by atoms with van der Waals surface area (Å²) in [5.74, 6) is 0.888. The molecule has 5 heteroatoms. The van der Waals surface area contributed by atoms with E-state index in [1.54, 1.807) is 0 Å². The Balaban J connectivity index is 2.06. The van der Waals surface area contributed by atoms with Crippen molar-refractivity contribution in [3.8, 4) is 0 Å². The highest BCUT2D eigenvalue weighted by atomic mass is 35.5. The Labute approximate surface area is 122 Å². The number of hydrogen-bond donors (Lipinski definition) is 1. The van der Waals surface area contributed by atoms with E-state index in [0.717, 1.165) is 16.9 Å². The van der Waals surface area contributed by atoms with E-state index in [2.05, 4.69) is 10.4 Å². The van der Waals surface area contributed by atoms with Gasteiger partial charge in [-0.3, -0.25) is 4.79 Å². The Bertz CT molecular complexity index is 646. The summed E-state index contributed by atoms with van der Waals surface area (Å²) in [5, 5.41) is 8.04. The SMILES string of the molecule is CC(C)n1ncc2c1NC(=O)C[C@@H]2c1ccc(Cl)cc1. The molecule has 20 heavy (non-hydrogen) atoms. The average molecular weight is 290 g/mol. The Hall–Kier alpha value is -1.81. The van der Waals surface area contributed by atoms with Gasteiger partial charge in [-0.05, 0) is 31.5 Å². The minimum Gasteiger partial charge on any atom is -0.311 e. The highest BCUT2D eigenvalue weighted by molar-refractivity contribution is 6.30. The van der Waals surface area contributed by atoms with Gasteiger partial charge in [0.25, 0.3) is 0 Å². The fourth-order valence-electron chi connectivity index (χ4n) is 2.62. The van der Waals surface area contributed by atoms with Crippen molar-refractivity contribution in [1.82, 2.24) is 9.78 Å². The summed E-state index contributed by atoms with van der Waals surface area (Å²) in [6, 6.07) is 7.87. The van der Waals surface area contributed by atoms with Crippen LogP contribution in [0.1, 0.15) is 43.4 Å². The maximum atomic E-state index is 12.0. The molecule has 4 nitrogen and oxygen atoms in total. The predicted octanol–water partition coefficient (Wildman–Crippen LogP) is 3.59. The normalized spacial score (nSPS) is 18.0. The second kappa shape index (κ2) is 4.94. The van der Waals surface area contributed by atoms with Crippen molar-refractivity contribution in [2.45, 2.75) is 32.2 Å². The molecule has 0 spiro atoms. The molecule has 0 saturated heterocycles. The van der Waals surface area contributed by atoms with E-state index in [1.165, 1.54) is 0 Å². The third kappa shape index (κ3) is 2.20. The second-order valence-corrected chi connectivity index (χ2v) is 5.78. The van der Waals surface area contributed by atoms with Gasteiger partial charge in [-0.25, -0.2) is 4.68 Å². The maximum absolute atomic E-state index is 12.0. The molecule has 0 saturated carbocycles. The quantitative estimate of drug-likeness (QED) is 0.918. The molecular formula is C15H16ClN3O. The van der Waals surface area contributed by atoms with Gasteiger partial charge in [-0.15, -0.1) is 0 Å². The van der Waals surface area contributed by atoms with Crippen molar-refractivity contribution in [3.63, 3.8) is 0 Å². The van der Waals surface area contributed by atoms with Crippen LogP contribution in [0.15, 0.2) is 30.5 Å². The second-order valence-electron chi connectivity index (χ2n) is 5.34. The molecule has 2 aromatic rings. The number of amides is 1. The number of nitrogens with zero attached hydrogens (tertiary/aromatic N) is 2. The van der Waals surface area contributed by atoms with Gasteiger partial charge < -0.3 is 5.32 Å². The van der Waals surface area contributed by atoms with E-state index in [0.29, 0.717) is 11.4 Å². The predicted molar refractivity (Wildman–Crippen MR) is 79.2 cm³/mol. The van der Waals surface area contributed by atoms with Crippen LogP contribution in [-0.4, -0.2) is 15.7 Å². The van der Waals surface area contributed by atoms with E-state index in [9.17, 15) is 4.79 Å². The van der Waals surface area contributed by atoms with E-state index >= 15 is 0 Å². The number of anilines is 1. The number of nitrogens with one attached hydrogen (secondary N) is 1. The number of carbonyl (C=O) groups is 1. The lowest BCUT2D eigenvalue weighted by Crippen LogP contribution is -2.25. The molecule has 3 rings (SSSR count). The molecule has 1 amide bonds. The average Bonchev–Trinajstić information content (AvgIpc) is 2.82. The third-order valence-corrected chi connectivity index (χ3v) is 3.86. The molecule has 1 aliphatic rings. The van der Waals surface area contributed by atoms with Gasteiger partial charge >= 0.3 is 0 Å². The zero-order chi connectivity index (χ0) is 14.3. The number of halogens is 1. The number of aromatic nitrogens is 2. The monoisotopic (exact) mass is 289 g/mol. The molecule has 1 atom stereocenters. The Kier molecular flexibility index (Phi) is 3.26. The highest BCUT2D eigenvalue weighted by Gasteiger charge is 2.30. The van der Waals surface area contributed by atoms with Crippen molar-refractivity contribution < 1.29 is 4.79 Å². The van der Waals surface area contributed by atoms with Gasteiger partial charge in [0.2, 0.25) is 5.91 Å². The number of fused-ring (bicyclic) bond motifs is 1. The molecule has 0 fully saturated rings. The van der Waals surface area contributed by atoms with Crippen molar-refractivity contribution in [1.29, 1.82) is 0 Å². The first-order valence-corrected chi connectivity index (χ1v) is 7.06. The van der Waals surface area contributed by atoms with E-state index in [4.69, 9.17) is 11.6 Å². The first kappa shape index (κ1) is 13.2. The van der Waals surface area contributed by atoms with Crippen LogP contribution in [0.25, 0.3) is 0 Å². The summed E-state index contributed by atoms with van der Waals surface area (Å²) < 4.78 is 1.86. The minimum absolute atomic E-state index is 0.0276. The molecule has 104 valence electrons. The van der Waals surface area contributed by atoms with E-state index in [1.807, 2.05) is 49.0 Å². The summed E-state index contributed by atoms with van der Waals surface area (Å²) in [5.41, 5.74) is 2.16. The smallest absolute Gasteiger partial charge is 0.226 e. The van der Waals surface area contributed by atoms with Crippen LogP contribution in [0.5, 0.6) is 0 Å². The van der Waals surface area contributed by atoms with Gasteiger partial charge in [0.15, 0.2) is 0 Å². The zero-order valence-electron chi connectivity index (χ0n) is 11.4. The lowest BCUT2D eigenvalue weighted by molar-refractivity contribution is -0.116. The molecule has 2 heterocycles. The number of carbonyl (C=O) groups excluding carboxylic acids is 1. The van der Waals surface area contributed by atoms with Crippen LogP contribution in [-0.2, 0) is 4.79 Å². The van der Waals surface area contributed by atoms with Gasteiger partial charge in [-0.1, -0.05) is 23.7 Å². The zero-order valence-corrected chi connectivity index (χ0v) is 12.2.